The number of halogens is 1. The second kappa shape index (κ2) is 8.33. The van der Waals surface area contributed by atoms with Gasteiger partial charge in [0.05, 0.1) is 5.69 Å². The number of aryl methyl sites for hydroxylation is 1. The minimum Gasteiger partial charge on any atom is -0.408 e. The summed E-state index contributed by atoms with van der Waals surface area (Å²) in [6.45, 7) is 0. The predicted molar refractivity (Wildman–Crippen MR) is 93.2 cm³/mol. The number of ether oxygens (including phenoxy) is 1. The van der Waals surface area contributed by atoms with Crippen molar-refractivity contribution in [1.29, 1.82) is 0 Å². The summed E-state index contributed by atoms with van der Waals surface area (Å²) in [5.74, 6) is -0.0696. The van der Waals surface area contributed by atoms with Crippen LogP contribution in [-0.2, 0) is 6.42 Å². The Hall–Kier alpha value is -2.34. The Morgan fingerprint density at radius 2 is 1.78 bits per heavy atom. The second-order valence-corrected chi connectivity index (χ2v) is 5.65. The second-order valence-electron chi connectivity index (χ2n) is 4.86. The van der Waals surface area contributed by atoms with Crippen LogP contribution in [0.3, 0.4) is 0 Å². The number of carbonyl (C=O) groups excluding carboxylic acids is 2. The van der Waals surface area contributed by atoms with E-state index in [-0.39, 0.29) is 11.7 Å². The van der Waals surface area contributed by atoms with Crippen LogP contribution < -0.4 is 15.8 Å². The quantitative estimate of drug-likeness (QED) is 0.753. The number of amides is 2. The molecule has 0 aliphatic carbocycles. The highest BCUT2D eigenvalue weighted by Gasteiger charge is 2.11. The summed E-state index contributed by atoms with van der Waals surface area (Å²) in [5.41, 5.74) is 7.11. The van der Waals surface area contributed by atoms with Crippen molar-refractivity contribution in [2.75, 3.05) is 10.6 Å². The summed E-state index contributed by atoms with van der Waals surface area (Å²) < 4.78 is 4.87. The van der Waals surface area contributed by atoms with Gasteiger partial charge in [-0.1, -0.05) is 40.2 Å². The molecule has 0 unspecified atom stereocenters. The third kappa shape index (κ3) is 5.10. The molecule has 0 radical (unpaired) electrons. The van der Waals surface area contributed by atoms with Gasteiger partial charge in [0.2, 0.25) is 0 Å². The standard InChI is InChI=1S/C17H17BrN2O3/c18-11-3-4-12-7-9-13(10-8-12)16(21)20-14-5-1-2-6-15(14)23-17(19)22/h1-2,5-10H,3-4,11H2,(H2,19,22)(H,20,21). The number of benzene rings is 2. The molecule has 0 fully saturated rings. The van der Waals surface area contributed by atoms with E-state index in [2.05, 4.69) is 21.2 Å². The first-order valence-electron chi connectivity index (χ1n) is 7.12. The molecule has 2 aromatic rings. The third-order valence-electron chi connectivity index (χ3n) is 3.16. The molecule has 0 aromatic heterocycles. The predicted octanol–water partition coefficient (Wildman–Crippen LogP) is 3.72. The van der Waals surface area contributed by atoms with E-state index < -0.39 is 6.09 Å². The zero-order valence-corrected chi connectivity index (χ0v) is 14.0. The summed E-state index contributed by atoms with van der Waals surface area (Å²) in [5, 5.41) is 3.67. The van der Waals surface area contributed by atoms with E-state index in [1.807, 2.05) is 12.1 Å². The van der Waals surface area contributed by atoms with Crippen LogP contribution in [0.4, 0.5) is 10.5 Å². The average Bonchev–Trinajstić information content (AvgIpc) is 2.54. The fourth-order valence-corrected chi connectivity index (χ4v) is 2.34. The van der Waals surface area contributed by atoms with Crippen LogP contribution in [0.5, 0.6) is 5.75 Å². The number of hydrogen-bond acceptors (Lipinski definition) is 3. The first-order chi connectivity index (χ1) is 11.1. The van der Waals surface area contributed by atoms with Gasteiger partial charge in [0.1, 0.15) is 0 Å². The van der Waals surface area contributed by atoms with Gasteiger partial charge >= 0.3 is 6.09 Å². The normalized spacial score (nSPS) is 10.1. The summed E-state index contributed by atoms with van der Waals surface area (Å²) in [6, 6.07) is 14.0. The van der Waals surface area contributed by atoms with Crippen molar-refractivity contribution >= 4 is 33.6 Å². The summed E-state index contributed by atoms with van der Waals surface area (Å²) >= 11 is 3.40. The van der Waals surface area contributed by atoms with Gasteiger partial charge in [-0.15, -0.1) is 0 Å². The van der Waals surface area contributed by atoms with Crippen LogP contribution in [0.2, 0.25) is 0 Å². The molecular formula is C17H17BrN2O3. The number of carbonyl (C=O) groups is 2. The Balaban J connectivity index is 2.08. The fraction of sp³-hybridized carbons (Fsp3) is 0.176. The average molecular weight is 377 g/mol. The third-order valence-corrected chi connectivity index (χ3v) is 3.72. The minimum atomic E-state index is -0.928. The smallest absolute Gasteiger partial charge is 0.408 e. The highest BCUT2D eigenvalue weighted by molar-refractivity contribution is 9.09. The lowest BCUT2D eigenvalue weighted by Gasteiger charge is -2.10. The molecule has 0 aliphatic rings. The molecule has 2 aromatic carbocycles. The van der Waals surface area contributed by atoms with Gasteiger partial charge in [-0.25, -0.2) is 4.79 Å². The zero-order valence-electron chi connectivity index (χ0n) is 12.4. The Labute approximate surface area is 143 Å². The van der Waals surface area contributed by atoms with Crippen molar-refractivity contribution in [3.63, 3.8) is 0 Å². The Morgan fingerprint density at radius 1 is 1.09 bits per heavy atom. The first-order valence-corrected chi connectivity index (χ1v) is 8.25. The lowest BCUT2D eigenvalue weighted by atomic mass is 10.1. The molecule has 0 heterocycles. The van der Waals surface area contributed by atoms with Crippen molar-refractivity contribution in [1.82, 2.24) is 0 Å². The Morgan fingerprint density at radius 3 is 2.43 bits per heavy atom. The van der Waals surface area contributed by atoms with E-state index in [0.29, 0.717) is 11.3 Å². The molecular weight excluding hydrogens is 360 g/mol. The molecule has 23 heavy (non-hydrogen) atoms. The summed E-state index contributed by atoms with van der Waals surface area (Å²) in [6.07, 6.45) is 1.08. The topological polar surface area (TPSA) is 81.4 Å². The van der Waals surface area contributed by atoms with Crippen LogP contribution in [0.25, 0.3) is 0 Å². The SMILES string of the molecule is NC(=O)Oc1ccccc1NC(=O)c1ccc(CCCBr)cc1. The summed E-state index contributed by atoms with van der Waals surface area (Å²) in [7, 11) is 0. The van der Waals surface area contributed by atoms with Crippen LogP contribution in [0.1, 0.15) is 22.3 Å². The van der Waals surface area contributed by atoms with E-state index in [0.717, 1.165) is 18.2 Å². The Kier molecular flexibility index (Phi) is 6.17. The molecule has 5 nitrogen and oxygen atoms in total. The fourth-order valence-electron chi connectivity index (χ4n) is 2.06. The number of nitrogens with two attached hydrogens (primary N) is 1. The van der Waals surface area contributed by atoms with Crippen LogP contribution in [0, 0.1) is 0 Å². The highest BCUT2D eigenvalue weighted by atomic mass is 79.9. The highest BCUT2D eigenvalue weighted by Crippen LogP contribution is 2.24. The van der Waals surface area contributed by atoms with Gasteiger partial charge in [-0.05, 0) is 42.7 Å². The van der Waals surface area contributed by atoms with Gasteiger partial charge in [0.25, 0.3) is 5.91 Å². The molecule has 0 aliphatic heterocycles. The van der Waals surface area contributed by atoms with Gasteiger partial charge in [-0.2, -0.15) is 0 Å². The summed E-state index contributed by atoms with van der Waals surface area (Å²) in [4.78, 5) is 23.2. The maximum atomic E-state index is 12.3. The van der Waals surface area contributed by atoms with E-state index in [4.69, 9.17) is 10.5 Å². The molecule has 0 atom stereocenters. The van der Waals surface area contributed by atoms with Crippen molar-refractivity contribution in [3.05, 3.63) is 59.7 Å². The molecule has 6 heteroatoms. The van der Waals surface area contributed by atoms with Gasteiger partial charge in [0.15, 0.2) is 5.75 Å². The number of rotatable bonds is 6. The number of para-hydroxylation sites is 2. The number of primary amides is 1. The lowest BCUT2D eigenvalue weighted by Crippen LogP contribution is -2.18. The number of alkyl halides is 1. The van der Waals surface area contributed by atoms with Gasteiger partial charge in [-0.3, -0.25) is 4.79 Å². The molecule has 120 valence electrons. The van der Waals surface area contributed by atoms with Gasteiger partial charge < -0.3 is 15.8 Å². The molecule has 3 N–H and O–H groups in total. The van der Waals surface area contributed by atoms with Crippen LogP contribution >= 0.6 is 15.9 Å². The molecule has 0 bridgehead atoms. The van der Waals surface area contributed by atoms with Crippen molar-refractivity contribution in [2.24, 2.45) is 5.73 Å². The monoisotopic (exact) mass is 376 g/mol. The van der Waals surface area contributed by atoms with Crippen LogP contribution in [0.15, 0.2) is 48.5 Å². The van der Waals surface area contributed by atoms with E-state index in [1.54, 1.807) is 36.4 Å². The molecule has 0 spiro atoms. The van der Waals surface area contributed by atoms with Crippen molar-refractivity contribution < 1.29 is 14.3 Å². The van der Waals surface area contributed by atoms with Crippen molar-refractivity contribution in [2.45, 2.75) is 12.8 Å². The Bertz CT molecular complexity index is 686. The molecule has 2 rings (SSSR count). The molecule has 0 saturated heterocycles. The van der Waals surface area contributed by atoms with E-state index in [9.17, 15) is 9.59 Å². The van der Waals surface area contributed by atoms with Gasteiger partial charge in [0, 0.05) is 10.9 Å². The number of hydrogen-bond donors (Lipinski definition) is 2. The largest absolute Gasteiger partial charge is 0.410 e. The lowest BCUT2D eigenvalue weighted by molar-refractivity contribution is 0.102. The number of anilines is 1. The van der Waals surface area contributed by atoms with E-state index >= 15 is 0 Å². The van der Waals surface area contributed by atoms with Crippen molar-refractivity contribution in [3.8, 4) is 5.75 Å². The van der Waals surface area contributed by atoms with E-state index in [1.165, 1.54) is 5.56 Å². The minimum absolute atomic E-state index is 0.210. The maximum Gasteiger partial charge on any atom is 0.410 e. The first kappa shape index (κ1) is 17.0. The van der Waals surface area contributed by atoms with Crippen LogP contribution in [-0.4, -0.2) is 17.3 Å². The molecule has 0 saturated carbocycles. The maximum absolute atomic E-state index is 12.3. The molecule has 2 amide bonds. The zero-order chi connectivity index (χ0) is 16.7. The number of nitrogens with one attached hydrogen (secondary N) is 1.